The number of aliphatic hydroxyl groups excluding tert-OH is 1. The van der Waals surface area contributed by atoms with E-state index in [4.69, 9.17) is 0 Å². The molecular formula is C11H12BrFO. The van der Waals surface area contributed by atoms with Gasteiger partial charge in [-0.05, 0) is 46.5 Å². The maximum Gasteiger partial charge on any atom is 0.137 e. The molecule has 3 heteroatoms. The lowest BCUT2D eigenvalue weighted by atomic mass is 10.1. The second kappa shape index (κ2) is 5.27. The van der Waals surface area contributed by atoms with Gasteiger partial charge < -0.3 is 5.11 Å². The van der Waals surface area contributed by atoms with Crippen LogP contribution >= 0.6 is 15.9 Å². The molecule has 0 aliphatic heterocycles. The number of hydrogen-bond acceptors (Lipinski definition) is 1. The Morgan fingerprint density at radius 3 is 2.86 bits per heavy atom. The molecule has 0 bridgehead atoms. The third-order valence-corrected chi connectivity index (χ3v) is 2.58. The molecule has 1 unspecified atom stereocenters. The number of halogens is 2. The van der Waals surface area contributed by atoms with E-state index in [1.807, 2.05) is 0 Å². The smallest absolute Gasteiger partial charge is 0.137 e. The van der Waals surface area contributed by atoms with E-state index in [9.17, 15) is 9.50 Å². The van der Waals surface area contributed by atoms with Gasteiger partial charge in [0.25, 0.3) is 0 Å². The molecule has 14 heavy (non-hydrogen) atoms. The summed E-state index contributed by atoms with van der Waals surface area (Å²) < 4.78 is 13.3. The largest absolute Gasteiger partial charge is 0.388 e. The molecule has 0 radical (unpaired) electrons. The first-order valence-electron chi connectivity index (χ1n) is 4.39. The van der Waals surface area contributed by atoms with Gasteiger partial charge in [0.1, 0.15) is 5.82 Å². The maximum absolute atomic E-state index is 12.9. The fraction of sp³-hybridized carbons (Fsp3) is 0.273. The summed E-state index contributed by atoms with van der Waals surface area (Å²) in [4.78, 5) is 0. The van der Waals surface area contributed by atoms with Crippen molar-refractivity contribution in [1.82, 2.24) is 0 Å². The van der Waals surface area contributed by atoms with Crippen molar-refractivity contribution in [2.45, 2.75) is 18.9 Å². The summed E-state index contributed by atoms with van der Waals surface area (Å²) in [7, 11) is 0. The molecule has 1 atom stereocenters. The number of aliphatic hydroxyl groups is 1. The first kappa shape index (κ1) is 11.4. The quantitative estimate of drug-likeness (QED) is 0.819. The van der Waals surface area contributed by atoms with E-state index in [1.165, 1.54) is 6.07 Å². The van der Waals surface area contributed by atoms with Crippen LogP contribution < -0.4 is 0 Å². The minimum atomic E-state index is -0.551. The fourth-order valence-corrected chi connectivity index (χ4v) is 1.56. The van der Waals surface area contributed by atoms with Gasteiger partial charge in [-0.25, -0.2) is 4.39 Å². The second-order valence-electron chi connectivity index (χ2n) is 3.06. The zero-order chi connectivity index (χ0) is 10.6. The van der Waals surface area contributed by atoms with Crippen LogP contribution in [0.2, 0.25) is 0 Å². The molecule has 0 heterocycles. The zero-order valence-corrected chi connectivity index (χ0v) is 9.30. The van der Waals surface area contributed by atoms with Crippen molar-refractivity contribution < 1.29 is 9.50 Å². The summed E-state index contributed by atoms with van der Waals surface area (Å²) >= 11 is 3.08. The normalized spacial score (nSPS) is 12.5. The lowest BCUT2D eigenvalue weighted by Crippen LogP contribution is -1.97. The van der Waals surface area contributed by atoms with Crippen LogP contribution in [0, 0.1) is 5.82 Å². The van der Waals surface area contributed by atoms with Gasteiger partial charge in [-0.3, -0.25) is 0 Å². The SMILES string of the molecule is C=CCCC(O)c1ccc(F)c(Br)c1. The van der Waals surface area contributed by atoms with Gasteiger partial charge in [0, 0.05) is 0 Å². The maximum atomic E-state index is 12.9. The van der Waals surface area contributed by atoms with Crippen molar-refractivity contribution in [3.63, 3.8) is 0 Å². The van der Waals surface area contributed by atoms with Crippen LogP contribution in [0.25, 0.3) is 0 Å². The van der Waals surface area contributed by atoms with Crippen molar-refractivity contribution in [3.05, 3.63) is 46.7 Å². The molecule has 0 saturated carbocycles. The molecular weight excluding hydrogens is 247 g/mol. The van der Waals surface area contributed by atoms with E-state index in [-0.39, 0.29) is 5.82 Å². The third kappa shape index (κ3) is 2.93. The number of rotatable bonds is 4. The standard InChI is InChI=1S/C11H12BrFO/c1-2-3-4-11(14)8-5-6-10(13)9(12)7-8/h2,5-7,11,14H,1,3-4H2. The van der Waals surface area contributed by atoms with Crippen molar-refractivity contribution in [3.8, 4) is 0 Å². The minimum Gasteiger partial charge on any atom is -0.388 e. The van der Waals surface area contributed by atoms with Gasteiger partial charge in [-0.2, -0.15) is 0 Å². The Balaban J connectivity index is 2.75. The zero-order valence-electron chi connectivity index (χ0n) is 7.71. The molecule has 0 aliphatic rings. The van der Waals surface area contributed by atoms with Gasteiger partial charge in [0.05, 0.1) is 10.6 Å². The van der Waals surface area contributed by atoms with Gasteiger partial charge in [-0.1, -0.05) is 12.1 Å². The van der Waals surface area contributed by atoms with Crippen LogP contribution in [-0.4, -0.2) is 5.11 Å². The molecule has 0 aliphatic carbocycles. The monoisotopic (exact) mass is 258 g/mol. The number of hydrogen-bond donors (Lipinski definition) is 1. The van der Waals surface area contributed by atoms with Crippen LogP contribution in [0.4, 0.5) is 4.39 Å². The fourth-order valence-electron chi connectivity index (χ4n) is 1.16. The topological polar surface area (TPSA) is 20.2 Å². The third-order valence-electron chi connectivity index (χ3n) is 1.97. The molecule has 76 valence electrons. The Morgan fingerprint density at radius 1 is 1.57 bits per heavy atom. The van der Waals surface area contributed by atoms with E-state index in [1.54, 1.807) is 18.2 Å². The Morgan fingerprint density at radius 2 is 2.29 bits per heavy atom. The van der Waals surface area contributed by atoms with E-state index >= 15 is 0 Å². The van der Waals surface area contributed by atoms with E-state index < -0.39 is 6.10 Å². The van der Waals surface area contributed by atoms with Crippen LogP contribution in [0.1, 0.15) is 24.5 Å². The second-order valence-corrected chi connectivity index (χ2v) is 3.91. The lowest BCUT2D eigenvalue weighted by Gasteiger charge is -2.09. The average molecular weight is 259 g/mol. The first-order valence-corrected chi connectivity index (χ1v) is 5.18. The van der Waals surface area contributed by atoms with Gasteiger partial charge in [-0.15, -0.1) is 6.58 Å². The van der Waals surface area contributed by atoms with E-state index in [0.717, 1.165) is 12.0 Å². The summed E-state index contributed by atoms with van der Waals surface area (Å²) in [5, 5.41) is 9.68. The summed E-state index contributed by atoms with van der Waals surface area (Å²) in [5.41, 5.74) is 0.722. The summed E-state index contributed by atoms with van der Waals surface area (Å²) in [6, 6.07) is 4.54. The molecule has 1 rings (SSSR count). The van der Waals surface area contributed by atoms with Gasteiger partial charge >= 0.3 is 0 Å². The number of allylic oxidation sites excluding steroid dienone is 1. The lowest BCUT2D eigenvalue weighted by molar-refractivity contribution is 0.168. The Hall–Kier alpha value is -0.670. The van der Waals surface area contributed by atoms with Crippen LogP contribution in [0.5, 0.6) is 0 Å². The molecule has 0 fully saturated rings. The minimum absolute atomic E-state index is 0.315. The average Bonchev–Trinajstić information content (AvgIpc) is 2.18. The van der Waals surface area contributed by atoms with E-state index in [2.05, 4.69) is 22.5 Å². The molecule has 0 aromatic heterocycles. The highest BCUT2D eigenvalue weighted by molar-refractivity contribution is 9.10. The highest BCUT2D eigenvalue weighted by Gasteiger charge is 2.08. The van der Waals surface area contributed by atoms with Crippen molar-refractivity contribution >= 4 is 15.9 Å². The Bertz CT molecular complexity index is 325. The highest BCUT2D eigenvalue weighted by atomic mass is 79.9. The van der Waals surface area contributed by atoms with Crippen molar-refractivity contribution in [2.24, 2.45) is 0 Å². The predicted octanol–water partition coefficient (Wildman–Crippen LogP) is 3.59. The van der Waals surface area contributed by atoms with E-state index in [0.29, 0.717) is 10.9 Å². The molecule has 0 amide bonds. The number of benzene rings is 1. The van der Waals surface area contributed by atoms with Gasteiger partial charge in [0.2, 0.25) is 0 Å². The van der Waals surface area contributed by atoms with Crippen molar-refractivity contribution in [2.75, 3.05) is 0 Å². The molecule has 0 spiro atoms. The van der Waals surface area contributed by atoms with Crippen LogP contribution in [-0.2, 0) is 0 Å². The van der Waals surface area contributed by atoms with Crippen molar-refractivity contribution in [1.29, 1.82) is 0 Å². The summed E-state index contributed by atoms with van der Waals surface area (Å²) in [6.07, 6.45) is 2.56. The molecule has 1 aromatic carbocycles. The first-order chi connectivity index (χ1) is 6.65. The highest BCUT2D eigenvalue weighted by Crippen LogP contribution is 2.23. The molecule has 1 N–H and O–H groups in total. The molecule has 1 nitrogen and oxygen atoms in total. The Kier molecular flexibility index (Phi) is 4.29. The Labute approximate surface area is 91.4 Å². The predicted molar refractivity (Wildman–Crippen MR) is 58.5 cm³/mol. The summed E-state index contributed by atoms with van der Waals surface area (Å²) in [6.45, 7) is 3.58. The summed E-state index contributed by atoms with van der Waals surface area (Å²) in [5.74, 6) is -0.315. The van der Waals surface area contributed by atoms with Gasteiger partial charge in [0.15, 0.2) is 0 Å². The molecule has 0 saturated heterocycles. The molecule has 1 aromatic rings. The van der Waals surface area contributed by atoms with Crippen LogP contribution in [0.3, 0.4) is 0 Å². The van der Waals surface area contributed by atoms with Crippen LogP contribution in [0.15, 0.2) is 35.3 Å².